The van der Waals surface area contributed by atoms with Crippen LogP contribution in [-0.2, 0) is 0 Å². The van der Waals surface area contributed by atoms with Crippen LogP contribution in [-0.4, -0.2) is 36.9 Å². The zero-order valence-corrected chi connectivity index (χ0v) is 13.9. The second-order valence-electron chi connectivity index (χ2n) is 5.98. The van der Waals surface area contributed by atoms with Crippen molar-refractivity contribution in [3.05, 3.63) is 39.8 Å². The molecule has 4 rings (SSSR count). The number of thiazole rings is 1. The smallest absolute Gasteiger partial charge is 0.170 e. The van der Waals surface area contributed by atoms with Gasteiger partial charge in [-0.05, 0) is 25.1 Å². The highest BCUT2D eigenvalue weighted by molar-refractivity contribution is 7.09. The van der Waals surface area contributed by atoms with E-state index in [1.165, 1.54) is 0 Å². The second-order valence-corrected chi connectivity index (χ2v) is 6.87. The summed E-state index contributed by atoms with van der Waals surface area (Å²) in [5, 5.41) is 6.22. The first-order chi connectivity index (χ1) is 11.2. The Morgan fingerprint density at radius 2 is 2.17 bits per heavy atom. The maximum Gasteiger partial charge on any atom is 0.170 e. The molecule has 2 aliphatic rings. The Labute approximate surface area is 139 Å². The molecule has 1 unspecified atom stereocenters. The van der Waals surface area contributed by atoms with Crippen LogP contribution in [0.15, 0.2) is 23.6 Å². The highest BCUT2D eigenvalue weighted by atomic mass is 32.1. The van der Waals surface area contributed by atoms with E-state index in [1.807, 2.05) is 30.5 Å². The molecule has 0 spiro atoms. The number of benzene rings is 1. The van der Waals surface area contributed by atoms with Crippen molar-refractivity contribution in [2.45, 2.75) is 19.4 Å². The molecular weight excluding hydrogens is 310 g/mol. The molecule has 0 amide bonds. The van der Waals surface area contributed by atoms with Gasteiger partial charge in [-0.2, -0.15) is 0 Å². The molecule has 0 aliphatic carbocycles. The number of piperazine rings is 1. The number of aromatic nitrogens is 1. The van der Waals surface area contributed by atoms with Gasteiger partial charge in [-0.3, -0.25) is 4.79 Å². The Balaban J connectivity index is 1.60. The minimum atomic E-state index is -0.251. The van der Waals surface area contributed by atoms with Crippen LogP contribution in [0.4, 0.5) is 5.69 Å². The number of ether oxygens (including phenoxy) is 1. The highest BCUT2D eigenvalue weighted by Gasteiger charge is 2.30. The molecule has 2 aliphatic heterocycles. The predicted molar refractivity (Wildman–Crippen MR) is 90.7 cm³/mol. The molecule has 0 saturated carbocycles. The van der Waals surface area contributed by atoms with Crippen molar-refractivity contribution in [2.75, 3.05) is 31.1 Å². The SMILES string of the molecule is Cc1csc(C2CC(=O)c3cc(N4CCNCC4)ccc3O2)n1. The lowest BCUT2D eigenvalue weighted by atomic mass is 10.00. The fourth-order valence-corrected chi connectivity index (χ4v) is 3.91. The fraction of sp³-hybridized carbons (Fsp3) is 0.412. The number of hydrogen-bond acceptors (Lipinski definition) is 6. The molecule has 120 valence electrons. The van der Waals surface area contributed by atoms with Crippen molar-refractivity contribution in [1.82, 2.24) is 10.3 Å². The summed E-state index contributed by atoms with van der Waals surface area (Å²) < 4.78 is 6.04. The van der Waals surface area contributed by atoms with E-state index < -0.39 is 0 Å². The number of nitrogens with zero attached hydrogens (tertiary/aromatic N) is 2. The van der Waals surface area contributed by atoms with Crippen LogP contribution in [0.1, 0.15) is 33.6 Å². The van der Waals surface area contributed by atoms with Gasteiger partial charge in [-0.25, -0.2) is 4.98 Å². The Morgan fingerprint density at radius 3 is 2.91 bits per heavy atom. The summed E-state index contributed by atoms with van der Waals surface area (Å²) in [4.78, 5) is 19.3. The summed E-state index contributed by atoms with van der Waals surface area (Å²) >= 11 is 1.56. The van der Waals surface area contributed by atoms with Crippen molar-refractivity contribution >= 4 is 22.8 Å². The first-order valence-electron chi connectivity index (χ1n) is 7.92. The first kappa shape index (κ1) is 14.7. The van der Waals surface area contributed by atoms with Crippen LogP contribution in [0.3, 0.4) is 0 Å². The Hall–Kier alpha value is -1.92. The Morgan fingerprint density at radius 1 is 1.35 bits per heavy atom. The van der Waals surface area contributed by atoms with Gasteiger partial charge in [0.15, 0.2) is 11.9 Å². The molecule has 5 nitrogen and oxygen atoms in total. The van der Waals surface area contributed by atoms with Crippen LogP contribution in [0.25, 0.3) is 0 Å². The van der Waals surface area contributed by atoms with Crippen LogP contribution in [0.5, 0.6) is 5.75 Å². The lowest BCUT2D eigenvalue weighted by Crippen LogP contribution is -2.43. The summed E-state index contributed by atoms with van der Waals surface area (Å²) in [6, 6.07) is 5.95. The van der Waals surface area contributed by atoms with Crippen molar-refractivity contribution in [2.24, 2.45) is 0 Å². The van der Waals surface area contributed by atoms with Gasteiger partial charge in [0.25, 0.3) is 0 Å². The monoisotopic (exact) mass is 329 g/mol. The summed E-state index contributed by atoms with van der Waals surface area (Å²) in [7, 11) is 0. The van der Waals surface area contributed by atoms with Crippen molar-refractivity contribution < 1.29 is 9.53 Å². The van der Waals surface area contributed by atoms with Gasteiger partial charge in [0, 0.05) is 42.9 Å². The lowest BCUT2D eigenvalue weighted by molar-refractivity contribution is 0.0849. The number of carbonyl (C=O) groups excluding carboxylic acids is 1. The van der Waals surface area contributed by atoms with E-state index in [9.17, 15) is 4.79 Å². The van der Waals surface area contributed by atoms with E-state index in [1.54, 1.807) is 11.3 Å². The molecular formula is C17H19N3O2S. The quantitative estimate of drug-likeness (QED) is 0.918. The maximum atomic E-state index is 12.6. The number of aryl methyl sites for hydroxylation is 1. The average Bonchev–Trinajstić information content (AvgIpc) is 3.02. The van der Waals surface area contributed by atoms with Crippen LogP contribution in [0, 0.1) is 6.92 Å². The van der Waals surface area contributed by atoms with E-state index in [0.29, 0.717) is 17.7 Å². The molecule has 3 heterocycles. The van der Waals surface area contributed by atoms with E-state index in [2.05, 4.69) is 15.2 Å². The molecule has 23 heavy (non-hydrogen) atoms. The number of rotatable bonds is 2. The lowest BCUT2D eigenvalue weighted by Gasteiger charge is -2.31. The summed E-state index contributed by atoms with van der Waals surface area (Å²) in [6.07, 6.45) is 0.115. The molecule has 1 aromatic carbocycles. The number of fused-ring (bicyclic) bond motifs is 1. The Kier molecular flexibility index (Phi) is 3.79. The maximum absolute atomic E-state index is 12.6. The van der Waals surface area contributed by atoms with Gasteiger partial charge in [-0.1, -0.05) is 0 Å². The molecule has 1 aromatic heterocycles. The Bertz CT molecular complexity index is 737. The summed E-state index contributed by atoms with van der Waals surface area (Å²) in [5.74, 6) is 0.819. The van der Waals surface area contributed by atoms with Gasteiger partial charge >= 0.3 is 0 Å². The molecule has 2 aromatic rings. The molecule has 1 atom stereocenters. The van der Waals surface area contributed by atoms with Crippen molar-refractivity contribution in [1.29, 1.82) is 0 Å². The highest BCUT2D eigenvalue weighted by Crippen LogP contribution is 2.37. The molecule has 1 fully saturated rings. The average molecular weight is 329 g/mol. The van der Waals surface area contributed by atoms with Gasteiger partial charge in [0.05, 0.1) is 12.0 Å². The summed E-state index contributed by atoms with van der Waals surface area (Å²) in [6.45, 7) is 5.85. The standard InChI is InChI=1S/C17H19N3O2S/c1-11-10-23-17(19-11)16-9-14(21)13-8-12(2-3-15(13)22-16)20-6-4-18-5-7-20/h2-3,8,10,16,18H,4-7,9H2,1H3. The fourth-order valence-electron chi connectivity index (χ4n) is 3.09. The number of carbonyl (C=O) groups is 1. The third-order valence-electron chi connectivity index (χ3n) is 4.30. The predicted octanol–water partition coefficient (Wildman–Crippen LogP) is 2.57. The van der Waals surface area contributed by atoms with Gasteiger partial charge in [0.2, 0.25) is 0 Å². The van der Waals surface area contributed by atoms with Crippen LogP contribution >= 0.6 is 11.3 Å². The van der Waals surface area contributed by atoms with Crippen molar-refractivity contribution in [3.63, 3.8) is 0 Å². The largest absolute Gasteiger partial charge is 0.482 e. The van der Waals surface area contributed by atoms with E-state index in [0.717, 1.165) is 42.6 Å². The van der Waals surface area contributed by atoms with Gasteiger partial charge in [-0.15, -0.1) is 11.3 Å². The van der Waals surface area contributed by atoms with Gasteiger partial charge < -0.3 is 15.0 Å². The zero-order valence-electron chi connectivity index (χ0n) is 13.0. The van der Waals surface area contributed by atoms with E-state index in [-0.39, 0.29) is 11.9 Å². The number of Topliss-reactive ketones (excluding diaryl/α,β-unsaturated/α-hetero) is 1. The van der Waals surface area contributed by atoms with E-state index >= 15 is 0 Å². The van der Waals surface area contributed by atoms with Gasteiger partial charge in [0.1, 0.15) is 10.8 Å². The van der Waals surface area contributed by atoms with Crippen LogP contribution in [0.2, 0.25) is 0 Å². The van der Waals surface area contributed by atoms with Crippen molar-refractivity contribution in [3.8, 4) is 5.75 Å². The number of nitrogens with one attached hydrogen (secondary N) is 1. The minimum Gasteiger partial charge on any atom is -0.482 e. The molecule has 6 heteroatoms. The molecule has 0 bridgehead atoms. The van der Waals surface area contributed by atoms with Crippen LogP contribution < -0.4 is 15.0 Å². The third kappa shape index (κ3) is 2.84. The zero-order chi connectivity index (χ0) is 15.8. The normalized spacial score (nSPS) is 21.0. The molecule has 0 radical (unpaired) electrons. The first-order valence-corrected chi connectivity index (χ1v) is 8.80. The number of ketones is 1. The number of anilines is 1. The molecule has 1 saturated heterocycles. The molecule has 1 N–H and O–H groups in total. The second kappa shape index (κ2) is 5.94. The summed E-state index contributed by atoms with van der Waals surface area (Å²) in [5.41, 5.74) is 2.78. The van der Waals surface area contributed by atoms with E-state index in [4.69, 9.17) is 4.74 Å². The minimum absolute atomic E-state index is 0.140. The topological polar surface area (TPSA) is 54.5 Å². The third-order valence-corrected chi connectivity index (χ3v) is 5.35. The number of hydrogen-bond donors (Lipinski definition) is 1.